The summed E-state index contributed by atoms with van der Waals surface area (Å²) in [6.07, 6.45) is 1.60. The number of aromatic nitrogens is 1. The second kappa shape index (κ2) is 4.73. The van der Waals surface area contributed by atoms with E-state index < -0.39 is 17.4 Å². The first-order valence-electron chi connectivity index (χ1n) is 6.60. The van der Waals surface area contributed by atoms with Crippen LogP contribution in [0.3, 0.4) is 0 Å². The summed E-state index contributed by atoms with van der Waals surface area (Å²) >= 11 is 0. The van der Waals surface area contributed by atoms with Crippen molar-refractivity contribution in [3.63, 3.8) is 0 Å². The fourth-order valence-electron chi connectivity index (χ4n) is 2.57. The van der Waals surface area contributed by atoms with Crippen LogP contribution in [0.25, 0.3) is 10.9 Å². The molecule has 1 heterocycles. The van der Waals surface area contributed by atoms with Crippen molar-refractivity contribution >= 4 is 22.8 Å². The largest absolute Gasteiger partial charge is 0.481 e. The normalized spacial score (nSPS) is 14.3. The van der Waals surface area contributed by atoms with Gasteiger partial charge in [0.25, 0.3) is 0 Å². The van der Waals surface area contributed by atoms with Crippen molar-refractivity contribution in [1.82, 2.24) is 4.57 Å². The molecule has 1 aliphatic carbocycles. The molecule has 1 saturated carbocycles. The summed E-state index contributed by atoms with van der Waals surface area (Å²) in [5.74, 6) is -2.10. The fourth-order valence-corrected chi connectivity index (χ4v) is 2.57. The van der Waals surface area contributed by atoms with E-state index in [1.54, 1.807) is 16.7 Å². The van der Waals surface area contributed by atoms with E-state index in [-0.39, 0.29) is 18.2 Å². The molecular formula is C15H13NO5. The summed E-state index contributed by atoms with van der Waals surface area (Å²) in [7, 11) is 0. The molecule has 0 atom stereocenters. The number of hydrogen-bond donors (Lipinski definition) is 2. The first-order chi connectivity index (χ1) is 9.97. The number of nitrogens with zero attached hydrogens (tertiary/aromatic N) is 1. The zero-order valence-electron chi connectivity index (χ0n) is 11.1. The maximum Gasteiger partial charge on any atom is 0.352 e. The molecule has 6 nitrogen and oxygen atoms in total. The Balaban J connectivity index is 2.27. The van der Waals surface area contributed by atoms with E-state index in [1.165, 1.54) is 6.07 Å². The Morgan fingerprint density at radius 2 is 1.90 bits per heavy atom. The Kier molecular flexibility index (Phi) is 3.01. The van der Waals surface area contributed by atoms with Crippen molar-refractivity contribution in [3.05, 3.63) is 45.7 Å². The molecular weight excluding hydrogens is 274 g/mol. The number of hydrogen-bond acceptors (Lipinski definition) is 3. The number of aliphatic carboxylic acids is 1. The average Bonchev–Trinajstić information content (AvgIpc) is 3.22. The van der Waals surface area contributed by atoms with E-state index >= 15 is 0 Å². The number of rotatable bonds is 4. The van der Waals surface area contributed by atoms with Crippen molar-refractivity contribution in [2.75, 3.05) is 0 Å². The lowest BCUT2D eigenvalue weighted by Crippen LogP contribution is -2.17. The van der Waals surface area contributed by atoms with E-state index in [2.05, 4.69) is 0 Å². The first-order valence-corrected chi connectivity index (χ1v) is 6.60. The molecule has 0 radical (unpaired) electrons. The lowest BCUT2D eigenvalue weighted by molar-refractivity contribution is -0.136. The van der Waals surface area contributed by atoms with Crippen LogP contribution in [-0.2, 0) is 11.2 Å². The summed E-state index contributed by atoms with van der Waals surface area (Å²) in [4.78, 5) is 34.2. The molecule has 0 saturated heterocycles. The highest BCUT2D eigenvalue weighted by atomic mass is 16.4. The molecule has 1 aliphatic rings. The van der Waals surface area contributed by atoms with Crippen LogP contribution in [0.15, 0.2) is 29.1 Å². The minimum atomic E-state index is -1.13. The molecule has 0 bridgehead atoms. The Morgan fingerprint density at radius 1 is 1.19 bits per heavy atom. The van der Waals surface area contributed by atoms with E-state index in [9.17, 15) is 19.5 Å². The summed E-state index contributed by atoms with van der Waals surface area (Å²) in [5, 5.41) is 18.4. The zero-order chi connectivity index (χ0) is 15.1. The molecule has 0 spiro atoms. The van der Waals surface area contributed by atoms with Gasteiger partial charge < -0.3 is 14.8 Å². The van der Waals surface area contributed by atoms with E-state index in [0.29, 0.717) is 16.5 Å². The molecule has 0 aliphatic heterocycles. The van der Waals surface area contributed by atoms with Gasteiger partial charge in [-0.1, -0.05) is 6.07 Å². The van der Waals surface area contributed by atoms with Gasteiger partial charge in [-0.3, -0.25) is 9.59 Å². The predicted octanol–water partition coefficient (Wildman–Crippen LogP) is 1.66. The number of benzene rings is 1. The first kappa shape index (κ1) is 13.4. The molecule has 0 unspecified atom stereocenters. The van der Waals surface area contributed by atoms with Gasteiger partial charge in [-0.2, -0.15) is 0 Å². The minimum absolute atomic E-state index is 0.0130. The number of carboxylic acid groups (broad SMARTS) is 2. The smallest absolute Gasteiger partial charge is 0.352 e. The Labute approximate surface area is 119 Å². The van der Waals surface area contributed by atoms with Crippen molar-refractivity contribution in [3.8, 4) is 0 Å². The third-order valence-corrected chi connectivity index (χ3v) is 3.60. The Hall–Kier alpha value is -2.63. The van der Waals surface area contributed by atoms with E-state index in [4.69, 9.17) is 5.11 Å². The highest BCUT2D eigenvalue weighted by molar-refractivity contribution is 5.91. The number of carboxylic acids is 2. The van der Waals surface area contributed by atoms with Crippen LogP contribution < -0.4 is 5.43 Å². The fraction of sp³-hybridized carbons (Fsp3) is 0.267. The molecule has 108 valence electrons. The molecule has 0 amide bonds. The van der Waals surface area contributed by atoms with Gasteiger partial charge in [0.15, 0.2) is 5.43 Å². The van der Waals surface area contributed by atoms with Crippen molar-refractivity contribution in [1.29, 1.82) is 0 Å². The molecule has 2 aromatic rings. The molecule has 21 heavy (non-hydrogen) atoms. The van der Waals surface area contributed by atoms with Crippen LogP contribution in [0.2, 0.25) is 0 Å². The summed E-state index contributed by atoms with van der Waals surface area (Å²) in [6, 6.07) is 6.02. The second-order valence-corrected chi connectivity index (χ2v) is 5.22. The second-order valence-electron chi connectivity index (χ2n) is 5.22. The van der Waals surface area contributed by atoms with Crippen LogP contribution in [0.1, 0.15) is 34.9 Å². The molecule has 6 heteroatoms. The minimum Gasteiger partial charge on any atom is -0.481 e. The highest BCUT2D eigenvalue weighted by Gasteiger charge is 2.29. The quantitative estimate of drug-likeness (QED) is 0.891. The van der Waals surface area contributed by atoms with E-state index in [0.717, 1.165) is 18.9 Å². The van der Waals surface area contributed by atoms with Crippen LogP contribution in [0.4, 0.5) is 0 Å². The van der Waals surface area contributed by atoms with Crippen molar-refractivity contribution < 1.29 is 19.8 Å². The van der Waals surface area contributed by atoms with Gasteiger partial charge in [-0.15, -0.1) is 0 Å². The van der Waals surface area contributed by atoms with Gasteiger partial charge in [0.2, 0.25) is 0 Å². The van der Waals surface area contributed by atoms with Crippen LogP contribution in [-0.4, -0.2) is 26.7 Å². The number of pyridine rings is 1. The number of aromatic carboxylic acids is 1. The third kappa shape index (κ3) is 2.40. The molecule has 1 fully saturated rings. The molecule has 2 N–H and O–H groups in total. The Morgan fingerprint density at radius 3 is 2.48 bits per heavy atom. The van der Waals surface area contributed by atoms with Crippen LogP contribution in [0.5, 0.6) is 0 Å². The van der Waals surface area contributed by atoms with Crippen LogP contribution >= 0.6 is 0 Å². The lowest BCUT2D eigenvalue weighted by atomic mass is 10.1. The molecule has 1 aromatic carbocycles. The van der Waals surface area contributed by atoms with Crippen molar-refractivity contribution in [2.24, 2.45) is 0 Å². The van der Waals surface area contributed by atoms with E-state index in [1.807, 2.05) is 0 Å². The maximum absolute atomic E-state index is 12.1. The van der Waals surface area contributed by atoms with Crippen molar-refractivity contribution in [2.45, 2.75) is 25.3 Å². The van der Waals surface area contributed by atoms with Gasteiger partial charge in [0, 0.05) is 17.5 Å². The highest BCUT2D eigenvalue weighted by Crippen LogP contribution is 2.38. The predicted molar refractivity (Wildman–Crippen MR) is 74.8 cm³/mol. The molecule has 3 rings (SSSR count). The molecule has 1 aromatic heterocycles. The van der Waals surface area contributed by atoms with Crippen LogP contribution in [0, 0.1) is 0 Å². The summed E-state index contributed by atoms with van der Waals surface area (Å²) < 4.78 is 1.67. The number of carbonyl (C=O) groups is 2. The standard InChI is InChI=1S/C15H13NO5/c17-13-7-12(15(20)21)16(9-2-3-9)11-4-1-8(5-10(11)13)6-14(18)19/h1,4-5,7,9H,2-3,6H2,(H,18,19)(H,20,21). The zero-order valence-corrected chi connectivity index (χ0v) is 11.1. The van der Waals surface area contributed by atoms with Gasteiger partial charge in [0.05, 0.1) is 11.9 Å². The third-order valence-electron chi connectivity index (χ3n) is 3.60. The average molecular weight is 287 g/mol. The van der Waals surface area contributed by atoms with Gasteiger partial charge in [0.1, 0.15) is 5.69 Å². The SMILES string of the molecule is O=C(O)Cc1ccc2c(c1)c(=O)cc(C(=O)O)n2C1CC1. The van der Waals surface area contributed by atoms with Gasteiger partial charge >= 0.3 is 11.9 Å². The monoisotopic (exact) mass is 287 g/mol. The topological polar surface area (TPSA) is 96.6 Å². The Bertz CT molecular complexity index is 817. The summed E-state index contributed by atoms with van der Waals surface area (Å²) in [5.41, 5.74) is 0.668. The number of fused-ring (bicyclic) bond motifs is 1. The van der Waals surface area contributed by atoms with Gasteiger partial charge in [-0.25, -0.2) is 4.79 Å². The van der Waals surface area contributed by atoms with Gasteiger partial charge in [-0.05, 0) is 30.5 Å². The summed E-state index contributed by atoms with van der Waals surface area (Å²) in [6.45, 7) is 0. The maximum atomic E-state index is 12.1. The lowest BCUT2D eigenvalue weighted by Gasteiger charge is -2.14.